The zero-order chi connectivity index (χ0) is 13.7. The quantitative estimate of drug-likeness (QED) is 0.832. The molecule has 2 N–H and O–H groups in total. The van der Waals surface area contributed by atoms with Crippen LogP contribution in [-0.4, -0.2) is 38.4 Å². The first-order chi connectivity index (χ1) is 9.16. The fourth-order valence-corrected chi connectivity index (χ4v) is 1.57. The van der Waals surface area contributed by atoms with Gasteiger partial charge >= 0.3 is 0 Å². The molecule has 2 aromatic heterocycles. The van der Waals surface area contributed by atoms with Gasteiger partial charge in [0.15, 0.2) is 5.82 Å². The van der Waals surface area contributed by atoms with Gasteiger partial charge in [-0.15, -0.1) is 0 Å². The van der Waals surface area contributed by atoms with E-state index in [-0.39, 0.29) is 5.91 Å². The predicted octanol–water partition coefficient (Wildman–Crippen LogP) is 0.768. The van der Waals surface area contributed by atoms with Gasteiger partial charge in [-0.3, -0.25) is 4.79 Å². The molecule has 2 aromatic rings. The van der Waals surface area contributed by atoms with Crippen LogP contribution < -0.4 is 5.32 Å². The average molecular weight is 260 g/mol. The van der Waals surface area contributed by atoms with Crippen molar-refractivity contribution >= 4 is 5.91 Å². The minimum atomic E-state index is -0.427. The Morgan fingerprint density at radius 3 is 3.00 bits per heavy atom. The first-order valence-corrected chi connectivity index (χ1v) is 6.10. The molecule has 2 rings (SSSR count). The summed E-state index contributed by atoms with van der Waals surface area (Å²) in [6, 6.07) is 6.97. The van der Waals surface area contributed by atoms with Gasteiger partial charge in [-0.1, -0.05) is 6.07 Å². The number of carbonyl (C=O) groups excluding carboxylic acids is 1. The second kappa shape index (κ2) is 6.10. The molecule has 0 bridgehead atoms. The molecule has 0 saturated carbocycles. The van der Waals surface area contributed by atoms with Crippen LogP contribution >= 0.6 is 0 Å². The number of nitrogens with one attached hydrogen (secondary N) is 1. The summed E-state index contributed by atoms with van der Waals surface area (Å²) >= 11 is 0. The van der Waals surface area contributed by atoms with Gasteiger partial charge in [-0.05, 0) is 31.5 Å². The van der Waals surface area contributed by atoms with Crippen molar-refractivity contribution in [1.82, 2.24) is 20.1 Å². The maximum absolute atomic E-state index is 11.9. The molecule has 0 aliphatic rings. The summed E-state index contributed by atoms with van der Waals surface area (Å²) in [6.07, 6.45) is 3.50. The third-order valence-electron chi connectivity index (χ3n) is 2.55. The molecule has 19 heavy (non-hydrogen) atoms. The topological polar surface area (TPSA) is 80.0 Å². The molecule has 0 spiro atoms. The number of aromatic nitrogens is 3. The molecule has 1 amide bonds. The summed E-state index contributed by atoms with van der Waals surface area (Å²) in [6.45, 7) is 2.10. The molecular formula is C13H16N4O2. The van der Waals surface area contributed by atoms with Gasteiger partial charge in [0, 0.05) is 18.9 Å². The Kier molecular flexibility index (Phi) is 4.25. The fourth-order valence-electron chi connectivity index (χ4n) is 1.57. The van der Waals surface area contributed by atoms with Crippen molar-refractivity contribution in [2.75, 3.05) is 6.54 Å². The molecule has 0 fully saturated rings. The molecule has 0 aliphatic heterocycles. The number of pyridine rings is 1. The first kappa shape index (κ1) is 13.2. The Hall–Kier alpha value is -2.21. The van der Waals surface area contributed by atoms with Crippen LogP contribution in [-0.2, 0) is 0 Å². The highest BCUT2D eigenvalue weighted by Gasteiger charge is 2.08. The maximum atomic E-state index is 11.9. The lowest BCUT2D eigenvalue weighted by Gasteiger charge is -2.07. The second-order valence-electron chi connectivity index (χ2n) is 4.23. The Bertz CT molecular complexity index is 537. The summed E-state index contributed by atoms with van der Waals surface area (Å²) < 4.78 is 1.59. The van der Waals surface area contributed by atoms with Crippen LogP contribution in [0.25, 0.3) is 5.82 Å². The number of rotatable bonds is 5. The van der Waals surface area contributed by atoms with E-state index < -0.39 is 6.10 Å². The maximum Gasteiger partial charge on any atom is 0.269 e. The zero-order valence-corrected chi connectivity index (χ0v) is 10.7. The smallest absolute Gasteiger partial charge is 0.269 e. The van der Waals surface area contributed by atoms with Gasteiger partial charge in [0.25, 0.3) is 5.91 Å². The standard InChI is InChI=1S/C13H16N4O2/c1-10(18)6-8-14-13(19)11-4-2-5-12(16-11)17-9-3-7-15-17/h2-5,7,9-10,18H,6,8H2,1H3,(H,14,19). The highest BCUT2D eigenvalue weighted by Crippen LogP contribution is 2.04. The lowest BCUT2D eigenvalue weighted by atomic mass is 10.3. The molecule has 6 heteroatoms. The van der Waals surface area contributed by atoms with E-state index in [4.69, 9.17) is 5.11 Å². The van der Waals surface area contributed by atoms with Crippen molar-refractivity contribution in [3.8, 4) is 5.82 Å². The van der Waals surface area contributed by atoms with Crippen molar-refractivity contribution in [1.29, 1.82) is 0 Å². The number of hydrogen-bond acceptors (Lipinski definition) is 4. The van der Waals surface area contributed by atoms with Crippen molar-refractivity contribution < 1.29 is 9.90 Å². The van der Waals surface area contributed by atoms with Gasteiger partial charge in [-0.2, -0.15) is 5.10 Å². The van der Waals surface area contributed by atoms with E-state index in [1.807, 2.05) is 0 Å². The molecule has 2 heterocycles. The molecule has 0 aromatic carbocycles. The number of hydrogen-bond donors (Lipinski definition) is 2. The van der Waals surface area contributed by atoms with Gasteiger partial charge in [0.1, 0.15) is 5.69 Å². The Morgan fingerprint density at radius 1 is 1.47 bits per heavy atom. The van der Waals surface area contributed by atoms with Crippen LogP contribution in [0, 0.1) is 0 Å². The Labute approximate surface area is 111 Å². The molecule has 0 radical (unpaired) electrons. The Balaban J connectivity index is 2.04. The number of aliphatic hydroxyl groups excluding tert-OH is 1. The molecular weight excluding hydrogens is 244 g/mol. The summed E-state index contributed by atoms with van der Waals surface area (Å²) in [5.41, 5.74) is 0.332. The zero-order valence-electron chi connectivity index (χ0n) is 10.7. The molecule has 6 nitrogen and oxygen atoms in total. The number of aliphatic hydroxyl groups is 1. The van der Waals surface area contributed by atoms with Gasteiger partial charge < -0.3 is 10.4 Å². The number of carbonyl (C=O) groups is 1. The van der Waals surface area contributed by atoms with Crippen LogP contribution in [0.5, 0.6) is 0 Å². The summed E-state index contributed by atoms with van der Waals surface area (Å²) in [7, 11) is 0. The largest absolute Gasteiger partial charge is 0.393 e. The van der Waals surface area contributed by atoms with E-state index in [2.05, 4.69) is 15.4 Å². The summed E-state index contributed by atoms with van der Waals surface area (Å²) in [5.74, 6) is 0.336. The Morgan fingerprint density at radius 2 is 2.32 bits per heavy atom. The third kappa shape index (κ3) is 3.62. The van der Waals surface area contributed by atoms with Crippen LogP contribution in [0.4, 0.5) is 0 Å². The van der Waals surface area contributed by atoms with E-state index in [0.717, 1.165) is 0 Å². The first-order valence-electron chi connectivity index (χ1n) is 6.10. The number of amides is 1. The van der Waals surface area contributed by atoms with Gasteiger partial charge in [0.2, 0.25) is 0 Å². The van der Waals surface area contributed by atoms with Crippen molar-refractivity contribution in [3.05, 3.63) is 42.4 Å². The van der Waals surface area contributed by atoms with Crippen LogP contribution in [0.1, 0.15) is 23.8 Å². The third-order valence-corrected chi connectivity index (χ3v) is 2.55. The predicted molar refractivity (Wildman–Crippen MR) is 70.0 cm³/mol. The van der Waals surface area contributed by atoms with E-state index in [1.165, 1.54) is 0 Å². The second-order valence-corrected chi connectivity index (χ2v) is 4.23. The monoisotopic (exact) mass is 260 g/mol. The summed E-state index contributed by atoms with van der Waals surface area (Å²) in [4.78, 5) is 16.1. The fraction of sp³-hybridized carbons (Fsp3) is 0.308. The van der Waals surface area contributed by atoms with E-state index in [9.17, 15) is 4.79 Å². The van der Waals surface area contributed by atoms with Crippen molar-refractivity contribution in [3.63, 3.8) is 0 Å². The number of nitrogens with zero attached hydrogens (tertiary/aromatic N) is 3. The van der Waals surface area contributed by atoms with E-state index in [1.54, 1.807) is 48.3 Å². The SMILES string of the molecule is CC(O)CCNC(=O)c1cccc(-n2cccn2)n1. The average Bonchev–Trinajstić information content (AvgIpc) is 2.92. The van der Waals surface area contributed by atoms with Gasteiger partial charge in [-0.25, -0.2) is 9.67 Å². The lowest BCUT2D eigenvalue weighted by Crippen LogP contribution is -2.27. The molecule has 1 unspecified atom stereocenters. The van der Waals surface area contributed by atoms with Crippen LogP contribution in [0.2, 0.25) is 0 Å². The minimum absolute atomic E-state index is 0.255. The van der Waals surface area contributed by atoms with Crippen LogP contribution in [0.3, 0.4) is 0 Å². The van der Waals surface area contributed by atoms with E-state index >= 15 is 0 Å². The molecule has 1 atom stereocenters. The van der Waals surface area contributed by atoms with E-state index in [0.29, 0.717) is 24.5 Å². The van der Waals surface area contributed by atoms with Gasteiger partial charge in [0.05, 0.1) is 6.10 Å². The molecule has 100 valence electrons. The highest BCUT2D eigenvalue weighted by atomic mass is 16.3. The van der Waals surface area contributed by atoms with Crippen molar-refractivity contribution in [2.45, 2.75) is 19.4 Å². The lowest BCUT2D eigenvalue weighted by molar-refractivity contribution is 0.0940. The highest BCUT2D eigenvalue weighted by molar-refractivity contribution is 5.92. The van der Waals surface area contributed by atoms with Crippen LogP contribution in [0.15, 0.2) is 36.7 Å². The molecule has 0 aliphatic carbocycles. The normalized spacial score (nSPS) is 12.1. The summed E-state index contributed by atoms with van der Waals surface area (Å²) in [5, 5.41) is 15.9. The van der Waals surface area contributed by atoms with Crippen molar-refractivity contribution in [2.24, 2.45) is 0 Å². The molecule has 0 saturated heterocycles. The minimum Gasteiger partial charge on any atom is -0.393 e.